The van der Waals surface area contributed by atoms with E-state index in [1.165, 1.54) is 0 Å². The van der Waals surface area contributed by atoms with Crippen LogP contribution in [-0.2, 0) is 4.79 Å². The second-order valence-corrected chi connectivity index (χ2v) is 8.79. The number of amides is 1. The molecule has 7 nitrogen and oxygen atoms in total. The molecule has 2 aromatic heterocycles. The molecule has 8 heteroatoms. The molecule has 0 unspecified atom stereocenters. The smallest absolute Gasteiger partial charge is 0.217 e. The van der Waals surface area contributed by atoms with Crippen molar-refractivity contribution in [3.63, 3.8) is 0 Å². The van der Waals surface area contributed by atoms with Crippen LogP contribution in [-0.4, -0.2) is 37.7 Å². The molecule has 4 rings (SSSR count). The SMILES string of the molecule is CC[C@H](C)c1nc(NC2CCC(NC(C)=O)CC2)c2cnn(-c3ccccc3Cl)c2n1. The Morgan fingerprint density at radius 1 is 1.19 bits per heavy atom. The number of carbonyl (C=O) groups excluding carboxylic acids is 1. The van der Waals surface area contributed by atoms with Gasteiger partial charge in [0.2, 0.25) is 5.91 Å². The molecule has 0 radical (unpaired) electrons. The summed E-state index contributed by atoms with van der Waals surface area (Å²) >= 11 is 6.44. The summed E-state index contributed by atoms with van der Waals surface area (Å²) in [5, 5.41) is 12.8. The Balaban J connectivity index is 1.67. The summed E-state index contributed by atoms with van der Waals surface area (Å²) in [5.74, 6) is 1.90. The molecule has 31 heavy (non-hydrogen) atoms. The number of nitrogens with one attached hydrogen (secondary N) is 2. The number of carbonyl (C=O) groups is 1. The minimum Gasteiger partial charge on any atom is -0.367 e. The first-order valence-corrected chi connectivity index (χ1v) is 11.4. The van der Waals surface area contributed by atoms with Crippen LogP contribution in [0, 0.1) is 0 Å². The van der Waals surface area contributed by atoms with Gasteiger partial charge in [0.05, 0.1) is 22.3 Å². The summed E-state index contributed by atoms with van der Waals surface area (Å²) in [6.07, 6.45) is 6.64. The van der Waals surface area contributed by atoms with Crippen LogP contribution in [0.5, 0.6) is 0 Å². The lowest BCUT2D eigenvalue weighted by atomic mass is 9.91. The molecule has 2 N–H and O–H groups in total. The van der Waals surface area contributed by atoms with Gasteiger partial charge in [0.1, 0.15) is 11.6 Å². The fourth-order valence-electron chi connectivity index (χ4n) is 4.10. The summed E-state index contributed by atoms with van der Waals surface area (Å²) in [4.78, 5) is 21.1. The Hall–Kier alpha value is -2.67. The highest BCUT2D eigenvalue weighted by Crippen LogP contribution is 2.30. The number of halogens is 1. The topological polar surface area (TPSA) is 84.7 Å². The molecule has 164 valence electrons. The van der Waals surface area contributed by atoms with Crippen LogP contribution in [0.4, 0.5) is 5.82 Å². The summed E-state index contributed by atoms with van der Waals surface area (Å²) in [6, 6.07) is 8.21. The van der Waals surface area contributed by atoms with Crippen LogP contribution in [0.25, 0.3) is 16.7 Å². The van der Waals surface area contributed by atoms with Crippen molar-refractivity contribution in [2.45, 2.75) is 70.9 Å². The first kappa shape index (κ1) is 21.6. The molecule has 1 aliphatic carbocycles. The molecular weight excluding hydrogens is 412 g/mol. The van der Waals surface area contributed by atoms with Gasteiger partial charge in [-0.25, -0.2) is 14.6 Å². The van der Waals surface area contributed by atoms with Gasteiger partial charge >= 0.3 is 0 Å². The molecule has 1 amide bonds. The summed E-state index contributed by atoms with van der Waals surface area (Å²) in [5.41, 5.74) is 1.56. The molecule has 1 saturated carbocycles. The molecule has 2 heterocycles. The third-order valence-corrected chi connectivity index (χ3v) is 6.37. The number of nitrogens with zero attached hydrogens (tertiary/aromatic N) is 4. The Morgan fingerprint density at radius 2 is 1.90 bits per heavy atom. The van der Waals surface area contributed by atoms with Gasteiger partial charge in [0, 0.05) is 24.9 Å². The van der Waals surface area contributed by atoms with E-state index in [-0.39, 0.29) is 17.9 Å². The van der Waals surface area contributed by atoms with Gasteiger partial charge in [-0.15, -0.1) is 0 Å². The van der Waals surface area contributed by atoms with E-state index in [0.29, 0.717) is 11.1 Å². The maximum Gasteiger partial charge on any atom is 0.217 e. The van der Waals surface area contributed by atoms with Crippen molar-refractivity contribution in [2.24, 2.45) is 0 Å². The Labute approximate surface area is 187 Å². The number of aromatic nitrogens is 4. The molecule has 1 aliphatic rings. The standard InChI is InChI=1S/C23H29ClN6O/c1-4-14(2)21-28-22(27-17-11-9-16(10-12-17)26-15(3)31)18-13-25-30(23(18)29-21)20-8-6-5-7-19(20)24/h5-8,13-14,16-17H,4,9-12H2,1-3H3,(H,26,31)(H,27,28,29)/t14-,16?,17?/m0/s1. The number of fused-ring (bicyclic) bond motifs is 1. The lowest BCUT2D eigenvalue weighted by Gasteiger charge is -2.30. The average Bonchev–Trinajstić information content (AvgIpc) is 3.18. The number of para-hydroxylation sites is 1. The predicted molar refractivity (Wildman–Crippen MR) is 124 cm³/mol. The molecule has 0 bridgehead atoms. The number of rotatable bonds is 6. The van der Waals surface area contributed by atoms with E-state index in [9.17, 15) is 4.79 Å². The van der Waals surface area contributed by atoms with Crippen LogP contribution in [0.2, 0.25) is 5.02 Å². The third kappa shape index (κ3) is 4.66. The van der Waals surface area contributed by atoms with Crippen LogP contribution >= 0.6 is 11.6 Å². The van der Waals surface area contributed by atoms with Gasteiger partial charge in [0.15, 0.2) is 5.65 Å². The van der Waals surface area contributed by atoms with Gasteiger partial charge < -0.3 is 10.6 Å². The fraction of sp³-hybridized carbons (Fsp3) is 0.478. The Bertz CT molecular complexity index is 1070. The Morgan fingerprint density at radius 3 is 2.58 bits per heavy atom. The van der Waals surface area contributed by atoms with Crippen molar-refractivity contribution < 1.29 is 4.79 Å². The van der Waals surface area contributed by atoms with Gasteiger partial charge in [0.25, 0.3) is 0 Å². The highest BCUT2D eigenvalue weighted by atomic mass is 35.5. The van der Waals surface area contributed by atoms with Gasteiger partial charge in [-0.3, -0.25) is 4.79 Å². The van der Waals surface area contributed by atoms with E-state index in [1.54, 1.807) is 11.6 Å². The molecule has 0 saturated heterocycles. The van der Waals surface area contributed by atoms with Crippen molar-refractivity contribution in [3.8, 4) is 5.69 Å². The van der Waals surface area contributed by atoms with Crippen LogP contribution in [0.15, 0.2) is 30.5 Å². The van der Waals surface area contributed by atoms with E-state index >= 15 is 0 Å². The van der Waals surface area contributed by atoms with E-state index < -0.39 is 0 Å². The maximum absolute atomic E-state index is 11.3. The zero-order valence-corrected chi connectivity index (χ0v) is 19.0. The lowest BCUT2D eigenvalue weighted by Crippen LogP contribution is -2.39. The molecule has 3 aromatic rings. The van der Waals surface area contributed by atoms with Crippen molar-refractivity contribution in [1.82, 2.24) is 25.1 Å². The monoisotopic (exact) mass is 440 g/mol. The van der Waals surface area contributed by atoms with Crippen molar-refractivity contribution in [3.05, 3.63) is 41.3 Å². The quantitative estimate of drug-likeness (QED) is 0.572. The average molecular weight is 441 g/mol. The number of benzene rings is 1. The van der Waals surface area contributed by atoms with E-state index in [1.807, 2.05) is 30.5 Å². The minimum absolute atomic E-state index is 0.0408. The molecule has 0 spiro atoms. The van der Waals surface area contributed by atoms with Crippen LogP contribution in [0.3, 0.4) is 0 Å². The zero-order chi connectivity index (χ0) is 22.0. The van der Waals surface area contributed by atoms with E-state index in [0.717, 1.165) is 60.5 Å². The second kappa shape index (κ2) is 9.22. The minimum atomic E-state index is 0.0408. The van der Waals surface area contributed by atoms with Gasteiger partial charge in [-0.2, -0.15) is 5.10 Å². The maximum atomic E-state index is 11.3. The van der Waals surface area contributed by atoms with E-state index in [4.69, 9.17) is 21.6 Å². The molecule has 1 atom stereocenters. The lowest BCUT2D eigenvalue weighted by molar-refractivity contribution is -0.119. The van der Waals surface area contributed by atoms with Crippen molar-refractivity contribution in [1.29, 1.82) is 0 Å². The summed E-state index contributed by atoms with van der Waals surface area (Å²) < 4.78 is 1.80. The normalized spacial score (nSPS) is 19.9. The molecular formula is C23H29ClN6O. The highest BCUT2D eigenvalue weighted by Gasteiger charge is 2.24. The fourth-order valence-corrected chi connectivity index (χ4v) is 4.32. The van der Waals surface area contributed by atoms with Crippen molar-refractivity contribution >= 4 is 34.4 Å². The largest absolute Gasteiger partial charge is 0.367 e. The third-order valence-electron chi connectivity index (χ3n) is 6.05. The van der Waals surface area contributed by atoms with Gasteiger partial charge in [-0.05, 0) is 44.2 Å². The van der Waals surface area contributed by atoms with Crippen LogP contribution in [0.1, 0.15) is 64.6 Å². The Kier molecular flexibility index (Phi) is 6.41. The summed E-state index contributed by atoms with van der Waals surface area (Å²) in [7, 11) is 0. The molecule has 1 aromatic carbocycles. The zero-order valence-electron chi connectivity index (χ0n) is 18.2. The highest BCUT2D eigenvalue weighted by molar-refractivity contribution is 6.32. The number of anilines is 1. The second-order valence-electron chi connectivity index (χ2n) is 8.38. The number of hydrogen-bond donors (Lipinski definition) is 2. The summed E-state index contributed by atoms with van der Waals surface area (Å²) in [6.45, 7) is 5.86. The first-order chi connectivity index (χ1) is 15.0. The molecule has 0 aliphatic heterocycles. The van der Waals surface area contributed by atoms with Crippen LogP contribution < -0.4 is 10.6 Å². The first-order valence-electron chi connectivity index (χ1n) is 11.0. The number of hydrogen-bond acceptors (Lipinski definition) is 5. The van der Waals surface area contributed by atoms with E-state index in [2.05, 4.69) is 29.6 Å². The predicted octanol–water partition coefficient (Wildman–Crippen LogP) is 4.84. The van der Waals surface area contributed by atoms with Gasteiger partial charge in [-0.1, -0.05) is 37.6 Å². The molecule has 1 fully saturated rings. The van der Waals surface area contributed by atoms with Crippen molar-refractivity contribution in [2.75, 3.05) is 5.32 Å².